The molecule has 0 aromatic heterocycles. The van der Waals surface area contributed by atoms with E-state index in [9.17, 15) is 9.59 Å². The number of anilines is 1. The SMILES string of the molecule is CC(C)(C)c1ccccc1NC(=O)[C@@H]1CC[C@H](C(=O)O)O1. The molecule has 1 amide bonds. The van der Waals surface area contributed by atoms with E-state index in [4.69, 9.17) is 9.84 Å². The van der Waals surface area contributed by atoms with Crippen molar-refractivity contribution in [3.8, 4) is 0 Å². The third-order valence-electron chi connectivity index (χ3n) is 3.58. The van der Waals surface area contributed by atoms with E-state index in [-0.39, 0.29) is 11.3 Å². The number of hydrogen-bond acceptors (Lipinski definition) is 3. The zero-order chi connectivity index (χ0) is 15.6. The lowest BCUT2D eigenvalue weighted by Gasteiger charge is -2.23. The summed E-state index contributed by atoms with van der Waals surface area (Å²) < 4.78 is 5.27. The number of para-hydroxylation sites is 1. The fourth-order valence-electron chi connectivity index (χ4n) is 2.47. The van der Waals surface area contributed by atoms with Crippen molar-refractivity contribution < 1.29 is 19.4 Å². The van der Waals surface area contributed by atoms with Gasteiger partial charge in [0, 0.05) is 5.69 Å². The Balaban J connectivity index is 2.09. The van der Waals surface area contributed by atoms with Crippen LogP contribution in [0.15, 0.2) is 24.3 Å². The number of hydrogen-bond donors (Lipinski definition) is 2. The fraction of sp³-hybridized carbons (Fsp3) is 0.500. The summed E-state index contributed by atoms with van der Waals surface area (Å²) in [5.41, 5.74) is 1.69. The maximum Gasteiger partial charge on any atom is 0.332 e. The van der Waals surface area contributed by atoms with E-state index < -0.39 is 18.2 Å². The molecule has 5 nitrogen and oxygen atoms in total. The van der Waals surface area contributed by atoms with Crippen LogP contribution in [0.1, 0.15) is 39.2 Å². The van der Waals surface area contributed by atoms with Crippen molar-refractivity contribution in [2.24, 2.45) is 0 Å². The van der Waals surface area contributed by atoms with Crippen molar-refractivity contribution in [2.45, 2.75) is 51.2 Å². The number of nitrogens with one attached hydrogen (secondary N) is 1. The van der Waals surface area contributed by atoms with Crippen LogP contribution in [0.2, 0.25) is 0 Å². The van der Waals surface area contributed by atoms with Crippen LogP contribution in [0, 0.1) is 0 Å². The van der Waals surface area contributed by atoms with Gasteiger partial charge in [0.25, 0.3) is 5.91 Å². The lowest BCUT2D eigenvalue weighted by Crippen LogP contribution is -2.30. The smallest absolute Gasteiger partial charge is 0.332 e. The summed E-state index contributed by atoms with van der Waals surface area (Å²) in [7, 11) is 0. The van der Waals surface area contributed by atoms with Gasteiger partial charge in [0.2, 0.25) is 0 Å². The quantitative estimate of drug-likeness (QED) is 0.897. The van der Waals surface area contributed by atoms with Crippen LogP contribution in [0.25, 0.3) is 0 Å². The zero-order valence-corrected chi connectivity index (χ0v) is 12.6. The number of carboxylic acids is 1. The standard InChI is InChI=1S/C16H21NO4/c1-16(2,3)10-6-4-5-7-11(10)17-14(18)12-8-9-13(21-12)15(19)20/h4-7,12-13H,8-9H2,1-3H3,(H,17,18)(H,19,20)/t12-,13+/m0/s1. The van der Waals surface area contributed by atoms with Gasteiger partial charge < -0.3 is 15.2 Å². The van der Waals surface area contributed by atoms with Crippen LogP contribution < -0.4 is 5.32 Å². The van der Waals surface area contributed by atoms with Crippen molar-refractivity contribution in [2.75, 3.05) is 5.32 Å². The predicted octanol–water partition coefficient (Wildman–Crippen LogP) is 2.55. The Bertz CT molecular complexity index is 547. The number of benzene rings is 1. The number of ether oxygens (including phenoxy) is 1. The molecule has 2 rings (SSSR count). The van der Waals surface area contributed by atoms with Crippen molar-refractivity contribution in [1.29, 1.82) is 0 Å². The van der Waals surface area contributed by atoms with E-state index >= 15 is 0 Å². The summed E-state index contributed by atoms with van der Waals surface area (Å²) in [5.74, 6) is -1.30. The van der Waals surface area contributed by atoms with Gasteiger partial charge >= 0.3 is 5.97 Å². The van der Waals surface area contributed by atoms with Gasteiger partial charge in [0.1, 0.15) is 6.10 Å². The summed E-state index contributed by atoms with van der Waals surface area (Å²) in [5, 5.41) is 11.8. The third-order valence-corrected chi connectivity index (χ3v) is 3.58. The Hall–Kier alpha value is -1.88. The second-order valence-electron chi connectivity index (χ2n) is 6.31. The molecule has 114 valence electrons. The van der Waals surface area contributed by atoms with Gasteiger partial charge in [-0.2, -0.15) is 0 Å². The molecule has 1 heterocycles. The molecule has 2 atom stereocenters. The van der Waals surface area contributed by atoms with Gasteiger partial charge in [0.15, 0.2) is 6.10 Å². The number of amides is 1. The van der Waals surface area contributed by atoms with Crippen molar-refractivity contribution >= 4 is 17.6 Å². The zero-order valence-electron chi connectivity index (χ0n) is 12.6. The van der Waals surface area contributed by atoms with Gasteiger partial charge in [-0.25, -0.2) is 4.79 Å². The van der Waals surface area contributed by atoms with E-state index in [2.05, 4.69) is 26.1 Å². The second kappa shape index (κ2) is 5.85. The average molecular weight is 291 g/mol. The predicted molar refractivity (Wildman–Crippen MR) is 79.3 cm³/mol. The Morgan fingerprint density at radius 2 is 1.81 bits per heavy atom. The topological polar surface area (TPSA) is 75.6 Å². The maximum absolute atomic E-state index is 12.2. The first-order chi connectivity index (χ1) is 9.79. The van der Waals surface area contributed by atoms with Crippen LogP contribution in [0.4, 0.5) is 5.69 Å². The molecule has 1 aromatic carbocycles. The summed E-state index contributed by atoms with van der Waals surface area (Å²) >= 11 is 0. The van der Waals surface area contributed by atoms with Crippen LogP contribution in [-0.4, -0.2) is 29.2 Å². The van der Waals surface area contributed by atoms with Crippen LogP contribution in [0.3, 0.4) is 0 Å². The first-order valence-electron chi connectivity index (χ1n) is 7.07. The molecule has 0 saturated carbocycles. The van der Waals surface area contributed by atoms with E-state index in [1.165, 1.54) is 0 Å². The molecular weight excluding hydrogens is 270 g/mol. The van der Waals surface area contributed by atoms with Crippen molar-refractivity contribution in [1.82, 2.24) is 0 Å². The minimum Gasteiger partial charge on any atom is -0.479 e. The number of carbonyl (C=O) groups excluding carboxylic acids is 1. The highest BCUT2D eigenvalue weighted by Gasteiger charge is 2.35. The minimum atomic E-state index is -1.01. The fourth-order valence-corrected chi connectivity index (χ4v) is 2.47. The largest absolute Gasteiger partial charge is 0.479 e. The van der Waals surface area contributed by atoms with E-state index in [1.54, 1.807) is 0 Å². The van der Waals surface area contributed by atoms with Crippen LogP contribution in [-0.2, 0) is 19.7 Å². The Morgan fingerprint density at radius 1 is 1.19 bits per heavy atom. The van der Waals surface area contributed by atoms with Gasteiger partial charge in [0.05, 0.1) is 0 Å². The maximum atomic E-state index is 12.2. The van der Waals surface area contributed by atoms with Crippen LogP contribution in [0.5, 0.6) is 0 Å². The van der Waals surface area contributed by atoms with Gasteiger partial charge in [-0.1, -0.05) is 39.0 Å². The molecule has 1 aromatic rings. The molecule has 1 saturated heterocycles. The molecule has 1 aliphatic heterocycles. The molecule has 1 aliphatic rings. The molecular formula is C16H21NO4. The normalized spacial score (nSPS) is 22.0. The minimum absolute atomic E-state index is 0.0932. The summed E-state index contributed by atoms with van der Waals surface area (Å²) in [6.07, 6.45) is -0.771. The number of carbonyl (C=O) groups is 2. The summed E-state index contributed by atoms with van der Waals surface area (Å²) in [6.45, 7) is 6.22. The molecule has 0 radical (unpaired) electrons. The van der Waals surface area contributed by atoms with Crippen molar-refractivity contribution in [3.05, 3.63) is 29.8 Å². The van der Waals surface area contributed by atoms with Gasteiger partial charge in [-0.15, -0.1) is 0 Å². The highest BCUT2D eigenvalue weighted by molar-refractivity contribution is 5.95. The third kappa shape index (κ3) is 3.61. The Kier molecular flexibility index (Phi) is 4.32. The molecule has 0 unspecified atom stereocenters. The summed E-state index contributed by atoms with van der Waals surface area (Å²) in [6, 6.07) is 7.62. The first kappa shape index (κ1) is 15.5. The highest BCUT2D eigenvalue weighted by atomic mass is 16.5. The average Bonchev–Trinajstić information content (AvgIpc) is 2.88. The van der Waals surface area contributed by atoms with Crippen molar-refractivity contribution in [3.63, 3.8) is 0 Å². The number of aliphatic carboxylic acids is 1. The second-order valence-corrected chi connectivity index (χ2v) is 6.31. The lowest BCUT2D eigenvalue weighted by atomic mass is 9.86. The monoisotopic (exact) mass is 291 g/mol. The number of rotatable bonds is 3. The molecule has 0 spiro atoms. The molecule has 0 bridgehead atoms. The van der Waals surface area contributed by atoms with Crippen LogP contribution >= 0.6 is 0 Å². The highest BCUT2D eigenvalue weighted by Crippen LogP contribution is 2.30. The first-order valence-corrected chi connectivity index (χ1v) is 7.07. The van der Waals surface area contributed by atoms with E-state index in [1.807, 2.05) is 24.3 Å². The summed E-state index contributed by atoms with van der Waals surface area (Å²) in [4.78, 5) is 23.1. The Morgan fingerprint density at radius 3 is 2.38 bits per heavy atom. The van der Waals surface area contributed by atoms with E-state index in [0.29, 0.717) is 12.8 Å². The van der Waals surface area contributed by atoms with Gasteiger partial charge in [-0.05, 0) is 29.9 Å². The Labute approximate surface area is 124 Å². The van der Waals surface area contributed by atoms with Gasteiger partial charge in [-0.3, -0.25) is 4.79 Å². The molecule has 0 aliphatic carbocycles. The molecule has 21 heavy (non-hydrogen) atoms. The van der Waals surface area contributed by atoms with E-state index in [0.717, 1.165) is 11.3 Å². The number of carboxylic acid groups (broad SMARTS) is 1. The lowest BCUT2D eigenvalue weighted by molar-refractivity contribution is -0.150. The molecule has 5 heteroatoms. The molecule has 2 N–H and O–H groups in total. The molecule has 1 fully saturated rings.